The van der Waals surface area contributed by atoms with Crippen LogP contribution in [0.3, 0.4) is 0 Å². The van der Waals surface area contributed by atoms with E-state index in [1.54, 1.807) is 24.3 Å². The van der Waals surface area contributed by atoms with Crippen LogP contribution >= 0.6 is 0 Å². The Morgan fingerprint density at radius 1 is 1.03 bits per heavy atom. The molecule has 0 aliphatic carbocycles. The summed E-state index contributed by atoms with van der Waals surface area (Å²) < 4.78 is 11.6. The van der Waals surface area contributed by atoms with Crippen molar-refractivity contribution in [2.75, 3.05) is 6.61 Å². The number of Topliss-reactive ketones (excluding diaryl/α,β-unsaturated/α-hetero) is 1. The third-order valence-corrected chi connectivity index (χ3v) is 6.08. The van der Waals surface area contributed by atoms with E-state index < -0.39 is 0 Å². The number of ether oxygens (including phenoxy) is 2. The second-order valence-corrected chi connectivity index (χ2v) is 8.82. The van der Waals surface area contributed by atoms with Crippen molar-refractivity contribution < 1.29 is 24.5 Å². The summed E-state index contributed by atoms with van der Waals surface area (Å²) in [6.07, 6.45) is 3.62. The van der Waals surface area contributed by atoms with Gasteiger partial charge in [-0.2, -0.15) is 0 Å². The Bertz CT molecular complexity index is 1090. The molecule has 5 heteroatoms. The number of aromatic hydroxyl groups is 2. The molecular weight excluding hydrogens is 404 g/mol. The van der Waals surface area contributed by atoms with Crippen molar-refractivity contribution >= 4 is 16.6 Å². The minimum absolute atomic E-state index is 0.0517. The average molecular weight is 435 g/mol. The van der Waals surface area contributed by atoms with Crippen molar-refractivity contribution in [1.29, 1.82) is 0 Å². The van der Waals surface area contributed by atoms with Gasteiger partial charge in [0.15, 0.2) is 11.5 Å². The number of hydrogen-bond donors (Lipinski definition) is 2. The normalized spacial score (nSPS) is 18.5. The van der Waals surface area contributed by atoms with Crippen molar-refractivity contribution in [1.82, 2.24) is 0 Å². The number of ketones is 1. The fourth-order valence-electron chi connectivity index (χ4n) is 4.22. The quantitative estimate of drug-likeness (QED) is 0.487. The maximum Gasteiger partial charge on any atom is 0.161 e. The summed E-state index contributed by atoms with van der Waals surface area (Å²) in [6.45, 7) is 3.27. The van der Waals surface area contributed by atoms with E-state index >= 15 is 0 Å². The molecule has 3 aromatic rings. The lowest BCUT2D eigenvalue weighted by molar-refractivity contribution is -0.123. The molecule has 1 fully saturated rings. The van der Waals surface area contributed by atoms with Gasteiger partial charge in [-0.1, -0.05) is 31.2 Å². The van der Waals surface area contributed by atoms with E-state index in [0.29, 0.717) is 37.5 Å². The second kappa shape index (κ2) is 10.0. The molecule has 0 bridgehead atoms. The van der Waals surface area contributed by atoms with E-state index in [9.17, 15) is 15.0 Å². The zero-order chi connectivity index (χ0) is 22.5. The van der Waals surface area contributed by atoms with E-state index in [4.69, 9.17) is 9.47 Å². The number of rotatable bonds is 8. The molecule has 3 aromatic carbocycles. The van der Waals surface area contributed by atoms with Crippen LogP contribution in [0.25, 0.3) is 10.8 Å². The molecule has 0 amide bonds. The fraction of sp³-hybridized carbons (Fsp3) is 0.370. The van der Waals surface area contributed by atoms with Crippen molar-refractivity contribution in [2.24, 2.45) is 5.92 Å². The van der Waals surface area contributed by atoms with E-state index in [1.165, 1.54) is 0 Å². The molecule has 2 N–H and O–H groups in total. The van der Waals surface area contributed by atoms with E-state index in [0.717, 1.165) is 41.3 Å². The van der Waals surface area contributed by atoms with Gasteiger partial charge in [-0.15, -0.1) is 0 Å². The van der Waals surface area contributed by atoms with Crippen LogP contribution in [-0.2, 0) is 22.6 Å². The standard InChI is InChI=1S/C27H30O5/c1-18-10-11-31-25(12-18)16-24(29)7-3-19-4-9-26(30)27(14-19)32-17-20-2-5-22-15-23(28)8-6-21(22)13-20/h2,4-6,8-9,13-15,18,25,28,30H,3,7,10-12,16-17H2,1H3/t18-,25+/m0/s1. The number of phenols is 2. The van der Waals surface area contributed by atoms with Crippen molar-refractivity contribution in [3.8, 4) is 17.2 Å². The summed E-state index contributed by atoms with van der Waals surface area (Å²) in [5.74, 6) is 1.55. The Morgan fingerprint density at radius 3 is 2.66 bits per heavy atom. The van der Waals surface area contributed by atoms with Gasteiger partial charge in [0, 0.05) is 19.4 Å². The van der Waals surface area contributed by atoms with Crippen LogP contribution in [0.1, 0.15) is 43.7 Å². The van der Waals surface area contributed by atoms with Gasteiger partial charge in [-0.3, -0.25) is 4.79 Å². The summed E-state index contributed by atoms with van der Waals surface area (Å²) in [6, 6.07) is 16.4. The highest BCUT2D eigenvalue weighted by Crippen LogP contribution is 2.29. The largest absolute Gasteiger partial charge is 0.508 e. The molecule has 1 aliphatic rings. The Kier molecular flexibility index (Phi) is 6.96. The molecule has 1 heterocycles. The lowest BCUT2D eigenvalue weighted by Crippen LogP contribution is -2.26. The Balaban J connectivity index is 1.33. The molecule has 0 radical (unpaired) electrons. The van der Waals surface area contributed by atoms with Gasteiger partial charge in [-0.25, -0.2) is 0 Å². The predicted molar refractivity (Wildman–Crippen MR) is 124 cm³/mol. The van der Waals surface area contributed by atoms with E-state index in [2.05, 4.69) is 6.92 Å². The van der Waals surface area contributed by atoms with Gasteiger partial charge in [0.2, 0.25) is 0 Å². The van der Waals surface area contributed by atoms with Crippen LogP contribution in [0, 0.1) is 5.92 Å². The molecule has 5 nitrogen and oxygen atoms in total. The summed E-state index contributed by atoms with van der Waals surface area (Å²) in [5, 5.41) is 21.8. The van der Waals surface area contributed by atoms with Crippen LogP contribution in [-0.4, -0.2) is 28.7 Å². The highest BCUT2D eigenvalue weighted by atomic mass is 16.5. The molecule has 2 atom stereocenters. The first kappa shape index (κ1) is 22.2. The van der Waals surface area contributed by atoms with Gasteiger partial charge in [0.1, 0.15) is 18.1 Å². The lowest BCUT2D eigenvalue weighted by Gasteiger charge is -2.26. The Morgan fingerprint density at radius 2 is 1.81 bits per heavy atom. The van der Waals surface area contributed by atoms with Gasteiger partial charge in [0.25, 0.3) is 0 Å². The van der Waals surface area contributed by atoms with Gasteiger partial charge < -0.3 is 19.7 Å². The number of benzene rings is 3. The highest BCUT2D eigenvalue weighted by Gasteiger charge is 2.21. The topological polar surface area (TPSA) is 76.0 Å². The fourth-order valence-corrected chi connectivity index (χ4v) is 4.22. The zero-order valence-electron chi connectivity index (χ0n) is 18.4. The first-order valence-corrected chi connectivity index (χ1v) is 11.3. The molecule has 1 saturated heterocycles. The minimum Gasteiger partial charge on any atom is -0.508 e. The first-order valence-electron chi connectivity index (χ1n) is 11.3. The van der Waals surface area contributed by atoms with Crippen LogP contribution in [0.4, 0.5) is 0 Å². The molecule has 32 heavy (non-hydrogen) atoms. The SMILES string of the molecule is C[C@H]1CCO[C@@H](CC(=O)CCc2ccc(O)c(OCc3ccc4cc(O)ccc4c3)c2)C1. The van der Waals surface area contributed by atoms with Gasteiger partial charge in [0.05, 0.1) is 6.10 Å². The third kappa shape index (κ3) is 5.80. The van der Waals surface area contributed by atoms with Gasteiger partial charge >= 0.3 is 0 Å². The van der Waals surface area contributed by atoms with E-state index in [1.807, 2.05) is 30.3 Å². The number of fused-ring (bicyclic) bond motifs is 1. The van der Waals surface area contributed by atoms with Crippen molar-refractivity contribution in [3.05, 3.63) is 65.7 Å². The van der Waals surface area contributed by atoms with Gasteiger partial charge in [-0.05, 0) is 77.4 Å². The number of phenolic OH excluding ortho intramolecular Hbond substituents is 2. The zero-order valence-corrected chi connectivity index (χ0v) is 18.4. The monoisotopic (exact) mass is 434 g/mol. The summed E-state index contributed by atoms with van der Waals surface area (Å²) >= 11 is 0. The average Bonchev–Trinajstić information content (AvgIpc) is 2.77. The molecule has 168 valence electrons. The first-order chi connectivity index (χ1) is 15.5. The predicted octanol–water partition coefficient (Wildman–Crippen LogP) is 5.54. The Labute approximate surface area is 188 Å². The molecule has 0 unspecified atom stereocenters. The van der Waals surface area contributed by atoms with Crippen molar-refractivity contribution in [3.63, 3.8) is 0 Å². The van der Waals surface area contributed by atoms with Crippen molar-refractivity contribution in [2.45, 2.75) is 51.7 Å². The molecule has 0 aromatic heterocycles. The molecule has 0 spiro atoms. The van der Waals surface area contributed by atoms with Crippen LogP contribution in [0.5, 0.6) is 17.2 Å². The summed E-state index contributed by atoms with van der Waals surface area (Å²) in [4.78, 5) is 12.4. The summed E-state index contributed by atoms with van der Waals surface area (Å²) in [7, 11) is 0. The smallest absolute Gasteiger partial charge is 0.161 e. The van der Waals surface area contributed by atoms with E-state index in [-0.39, 0.29) is 23.4 Å². The molecular formula is C27H30O5. The van der Waals surface area contributed by atoms with Crippen LogP contribution in [0.2, 0.25) is 0 Å². The number of hydrogen-bond acceptors (Lipinski definition) is 5. The van der Waals surface area contributed by atoms with Crippen LogP contribution < -0.4 is 4.74 Å². The number of carbonyl (C=O) groups excluding carboxylic acids is 1. The third-order valence-electron chi connectivity index (χ3n) is 6.08. The summed E-state index contributed by atoms with van der Waals surface area (Å²) in [5.41, 5.74) is 1.92. The Hall–Kier alpha value is -3.05. The molecule has 0 saturated carbocycles. The maximum absolute atomic E-state index is 12.4. The lowest BCUT2D eigenvalue weighted by atomic mass is 9.94. The van der Waals surface area contributed by atoms with Crippen LogP contribution in [0.15, 0.2) is 54.6 Å². The maximum atomic E-state index is 12.4. The molecule has 4 rings (SSSR count). The molecule has 1 aliphatic heterocycles. The number of aryl methyl sites for hydroxylation is 1. The second-order valence-electron chi connectivity index (χ2n) is 8.82. The number of carbonyl (C=O) groups is 1. The highest BCUT2D eigenvalue weighted by molar-refractivity contribution is 5.84. The minimum atomic E-state index is 0.0517.